The van der Waals surface area contributed by atoms with Crippen molar-refractivity contribution in [3.8, 4) is 0 Å². The molecule has 0 bridgehead atoms. The van der Waals surface area contributed by atoms with Gasteiger partial charge in [-0.25, -0.2) is 0 Å². The quantitative estimate of drug-likeness (QED) is 0.468. The van der Waals surface area contributed by atoms with Crippen molar-refractivity contribution in [2.45, 2.75) is 52.3 Å². The topological polar surface area (TPSA) is 51.0 Å². The molecular weight excluding hydrogens is 180 g/mol. The smallest absolute Gasteiger partial charge is 0.234 e. The Morgan fingerprint density at radius 3 is 2.43 bits per heavy atom. The molecule has 0 aliphatic heterocycles. The third-order valence-electron chi connectivity index (χ3n) is 2.10. The summed E-state index contributed by atoms with van der Waals surface area (Å²) in [5.74, 6) is 0. The fourth-order valence-corrected chi connectivity index (χ4v) is 0.870. The Labute approximate surface area is 85.7 Å². The highest BCUT2D eigenvalue weighted by molar-refractivity contribution is 5.61. The van der Waals surface area contributed by atoms with Gasteiger partial charge in [0.05, 0.1) is 6.04 Å². The lowest BCUT2D eigenvalue weighted by Gasteiger charge is -2.20. The molecule has 0 aliphatic rings. The number of hydrogen-bond donors (Lipinski definition) is 0. The number of azo groups is 1. The van der Waals surface area contributed by atoms with Gasteiger partial charge in [-0.15, -0.1) is 0 Å². The molecule has 0 N–H and O–H groups in total. The Balaban J connectivity index is 4.48. The van der Waals surface area contributed by atoms with Crippen LogP contribution >= 0.6 is 0 Å². The molecule has 0 spiro atoms. The first-order valence-electron chi connectivity index (χ1n) is 5.16. The Kier molecular flexibility index (Phi) is 6.28. The summed E-state index contributed by atoms with van der Waals surface area (Å²) in [6, 6.07) is 0.140. The second-order valence-electron chi connectivity index (χ2n) is 3.22. The van der Waals surface area contributed by atoms with Crippen molar-refractivity contribution >= 4 is 6.29 Å². The Hall–Kier alpha value is -0.770. The summed E-state index contributed by atoms with van der Waals surface area (Å²) in [5.41, 5.74) is -1.06. The predicted octanol–water partition coefficient (Wildman–Crippen LogP) is 2.58. The number of carbonyl (C=O) groups excluding carboxylic acids is 1. The SMILES string of the molecule is CCOC(C=O)(CC)N=NC(C)CC. The lowest BCUT2D eigenvalue weighted by Crippen LogP contribution is -2.31. The van der Waals surface area contributed by atoms with E-state index in [1.807, 2.05) is 27.7 Å². The van der Waals surface area contributed by atoms with Crippen LogP contribution < -0.4 is 0 Å². The zero-order valence-corrected chi connectivity index (χ0v) is 9.49. The maximum Gasteiger partial charge on any atom is 0.234 e. The van der Waals surface area contributed by atoms with E-state index in [4.69, 9.17) is 4.74 Å². The Bertz CT molecular complexity index is 195. The fourth-order valence-electron chi connectivity index (χ4n) is 0.870. The molecule has 0 aromatic heterocycles. The number of hydrogen-bond acceptors (Lipinski definition) is 4. The van der Waals surface area contributed by atoms with Gasteiger partial charge in [0.2, 0.25) is 5.72 Å². The monoisotopic (exact) mass is 200 g/mol. The minimum atomic E-state index is -1.06. The number of aldehydes is 1. The van der Waals surface area contributed by atoms with Crippen LogP contribution in [0.2, 0.25) is 0 Å². The summed E-state index contributed by atoms with van der Waals surface area (Å²) in [4.78, 5) is 10.9. The molecule has 0 fully saturated rings. The maximum atomic E-state index is 10.9. The van der Waals surface area contributed by atoms with Crippen LogP contribution in [-0.2, 0) is 9.53 Å². The minimum absolute atomic E-state index is 0.140. The lowest BCUT2D eigenvalue weighted by atomic mass is 10.2. The van der Waals surface area contributed by atoms with Gasteiger partial charge in [0.25, 0.3) is 0 Å². The molecule has 4 heteroatoms. The number of carbonyl (C=O) groups is 1. The van der Waals surface area contributed by atoms with E-state index in [1.54, 1.807) is 0 Å². The van der Waals surface area contributed by atoms with E-state index in [0.717, 1.165) is 12.7 Å². The Morgan fingerprint density at radius 2 is 2.07 bits per heavy atom. The molecule has 0 radical (unpaired) electrons. The molecule has 0 rings (SSSR count). The molecule has 0 amide bonds. The molecule has 0 saturated heterocycles. The van der Waals surface area contributed by atoms with E-state index in [9.17, 15) is 4.79 Å². The Morgan fingerprint density at radius 1 is 1.43 bits per heavy atom. The standard InChI is InChI=1S/C10H20N2O2/c1-5-9(4)11-12-10(6-2,8-13)14-7-3/h8-9H,5-7H2,1-4H3. The summed E-state index contributed by atoms with van der Waals surface area (Å²) in [5, 5.41) is 8.03. The van der Waals surface area contributed by atoms with E-state index in [1.165, 1.54) is 0 Å². The summed E-state index contributed by atoms with van der Waals surface area (Å²) in [6.07, 6.45) is 2.15. The first kappa shape index (κ1) is 13.2. The van der Waals surface area contributed by atoms with Crippen molar-refractivity contribution < 1.29 is 9.53 Å². The highest BCUT2D eigenvalue weighted by atomic mass is 16.5. The zero-order valence-electron chi connectivity index (χ0n) is 9.49. The van der Waals surface area contributed by atoms with Crippen LogP contribution in [0, 0.1) is 0 Å². The van der Waals surface area contributed by atoms with E-state index in [2.05, 4.69) is 10.2 Å². The highest BCUT2D eigenvalue weighted by Gasteiger charge is 2.27. The van der Waals surface area contributed by atoms with Crippen molar-refractivity contribution in [1.82, 2.24) is 0 Å². The maximum absolute atomic E-state index is 10.9. The van der Waals surface area contributed by atoms with Gasteiger partial charge in [-0.1, -0.05) is 13.8 Å². The molecule has 2 atom stereocenters. The van der Waals surface area contributed by atoms with Gasteiger partial charge in [-0.3, -0.25) is 4.79 Å². The molecule has 0 aliphatic carbocycles. The minimum Gasteiger partial charge on any atom is -0.347 e. The van der Waals surface area contributed by atoms with Gasteiger partial charge < -0.3 is 4.74 Å². The average Bonchev–Trinajstić information content (AvgIpc) is 2.24. The van der Waals surface area contributed by atoms with Crippen molar-refractivity contribution in [2.24, 2.45) is 10.2 Å². The molecular formula is C10H20N2O2. The molecule has 82 valence electrons. The highest BCUT2D eigenvalue weighted by Crippen LogP contribution is 2.16. The van der Waals surface area contributed by atoms with Gasteiger partial charge in [-0.05, 0) is 20.3 Å². The van der Waals surface area contributed by atoms with Gasteiger partial charge >= 0.3 is 0 Å². The summed E-state index contributed by atoms with van der Waals surface area (Å²) in [7, 11) is 0. The molecule has 0 saturated carbocycles. The van der Waals surface area contributed by atoms with Crippen LogP contribution in [0.25, 0.3) is 0 Å². The second kappa shape index (κ2) is 6.65. The van der Waals surface area contributed by atoms with Crippen molar-refractivity contribution in [3.63, 3.8) is 0 Å². The van der Waals surface area contributed by atoms with Gasteiger partial charge in [-0.2, -0.15) is 10.2 Å². The molecule has 0 aromatic carbocycles. The predicted molar refractivity (Wildman–Crippen MR) is 55.3 cm³/mol. The van der Waals surface area contributed by atoms with Crippen LogP contribution in [0.1, 0.15) is 40.5 Å². The lowest BCUT2D eigenvalue weighted by molar-refractivity contribution is -0.131. The first-order chi connectivity index (χ1) is 6.64. The normalized spacial score (nSPS) is 18.0. The van der Waals surface area contributed by atoms with E-state index >= 15 is 0 Å². The van der Waals surface area contributed by atoms with Gasteiger partial charge in [0.1, 0.15) is 0 Å². The largest absolute Gasteiger partial charge is 0.347 e. The van der Waals surface area contributed by atoms with Gasteiger partial charge in [0, 0.05) is 13.0 Å². The fraction of sp³-hybridized carbons (Fsp3) is 0.900. The second-order valence-corrected chi connectivity index (χ2v) is 3.22. The van der Waals surface area contributed by atoms with Crippen LogP contribution in [0.15, 0.2) is 10.2 Å². The molecule has 2 unspecified atom stereocenters. The van der Waals surface area contributed by atoms with E-state index < -0.39 is 5.72 Å². The summed E-state index contributed by atoms with van der Waals surface area (Å²) in [6.45, 7) is 8.15. The molecule has 0 heterocycles. The van der Waals surface area contributed by atoms with Crippen LogP contribution in [0.5, 0.6) is 0 Å². The summed E-state index contributed by atoms with van der Waals surface area (Å²) >= 11 is 0. The summed E-state index contributed by atoms with van der Waals surface area (Å²) < 4.78 is 5.29. The van der Waals surface area contributed by atoms with E-state index in [0.29, 0.717) is 13.0 Å². The third kappa shape index (κ3) is 3.96. The molecule has 4 nitrogen and oxygen atoms in total. The van der Waals surface area contributed by atoms with Crippen LogP contribution in [0.3, 0.4) is 0 Å². The molecule has 0 aromatic rings. The first-order valence-corrected chi connectivity index (χ1v) is 5.16. The van der Waals surface area contributed by atoms with E-state index in [-0.39, 0.29) is 6.04 Å². The molecule has 14 heavy (non-hydrogen) atoms. The van der Waals surface area contributed by atoms with Crippen LogP contribution in [-0.4, -0.2) is 24.7 Å². The van der Waals surface area contributed by atoms with Crippen molar-refractivity contribution in [3.05, 3.63) is 0 Å². The zero-order chi connectivity index (χ0) is 11.0. The van der Waals surface area contributed by atoms with Crippen molar-refractivity contribution in [1.29, 1.82) is 0 Å². The third-order valence-corrected chi connectivity index (χ3v) is 2.10. The van der Waals surface area contributed by atoms with Crippen LogP contribution in [0.4, 0.5) is 0 Å². The average molecular weight is 200 g/mol. The number of ether oxygens (including phenoxy) is 1. The van der Waals surface area contributed by atoms with Gasteiger partial charge in [0.15, 0.2) is 6.29 Å². The van der Waals surface area contributed by atoms with Crippen molar-refractivity contribution in [2.75, 3.05) is 6.61 Å². The number of nitrogens with zero attached hydrogens (tertiary/aromatic N) is 2. The number of rotatable bonds is 7.